The molecule has 1 aromatic heterocycles. The lowest BCUT2D eigenvalue weighted by atomic mass is 10.0. The number of carboxylic acid groups (broad SMARTS) is 1. The number of aryl methyl sites for hydroxylation is 1. The van der Waals surface area contributed by atoms with Gasteiger partial charge in [-0.3, -0.25) is 14.4 Å². The predicted octanol–water partition coefficient (Wildman–Crippen LogP) is 2.57. The highest BCUT2D eigenvalue weighted by Gasteiger charge is 2.31. The average Bonchev–Trinajstić information content (AvgIpc) is 3.04. The molecule has 0 saturated heterocycles. The fraction of sp³-hybridized carbons (Fsp3) is 0.588. The number of carbonyl (C=O) groups excluding carboxylic acids is 2. The van der Waals surface area contributed by atoms with Gasteiger partial charge in [0, 0.05) is 23.8 Å². The Morgan fingerprint density at radius 2 is 2.00 bits per heavy atom. The zero-order chi connectivity index (χ0) is 17.3. The fourth-order valence-electron chi connectivity index (χ4n) is 3.08. The molecule has 2 aliphatic rings. The highest BCUT2D eigenvalue weighted by atomic mass is 32.1. The normalized spacial score (nSPS) is 17.2. The van der Waals surface area contributed by atoms with Crippen LogP contribution in [-0.4, -0.2) is 28.9 Å². The predicted molar refractivity (Wildman–Crippen MR) is 91.5 cm³/mol. The molecule has 0 aliphatic heterocycles. The molecule has 0 aromatic carbocycles. The topological polar surface area (TPSA) is 95.5 Å². The summed E-state index contributed by atoms with van der Waals surface area (Å²) < 4.78 is 0. The van der Waals surface area contributed by atoms with E-state index in [1.54, 1.807) is 6.92 Å². The SMILES string of the molecule is CC(CC(=O)O)CC(=O)Nc1sc2c(c1C(=O)NC1CC1)CCC2. The molecule has 3 rings (SSSR count). The maximum atomic E-state index is 12.6. The number of nitrogens with one attached hydrogen (secondary N) is 2. The molecule has 6 nitrogen and oxygen atoms in total. The summed E-state index contributed by atoms with van der Waals surface area (Å²) in [5.74, 6) is -1.47. The Morgan fingerprint density at radius 1 is 1.25 bits per heavy atom. The third kappa shape index (κ3) is 3.95. The van der Waals surface area contributed by atoms with Gasteiger partial charge in [-0.15, -0.1) is 11.3 Å². The Labute approximate surface area is 144 Å². The van der Waals surface area contributed by atoms with Crippen LogP contribution in [0.4, 0.5) is 5.00 Å². The number of anilines is 1. The van der Waals surface area contributed by atoms with Crippen molar-refractivity contribution in [1.82, 2.24) is 5.32 Å². The molecular formula is C17H22N2O4S. The third-order valence-corrected chi connectivity index (χ3v) is 5.58. The largest absolute Gasteiger partial charge is 0.481 e. The number of hydrogen-bond acceptors (Lipinski definition) is 4. The van der Waals surface area contributed by atoms with Crippen LogP contribution >= 0.6 is 11.3 Å². The molecule has 0 radical (unpaired) electrons. The van der Waals surface area contributed by atoms with E-state index in [9.17, 15) is 14.4 Å². The Morgan fingerprint density at radius 3 is 2.67 bits per heavy atom. The Hall–Kier alpha value is -1.89. The Kier molecular flexibility index (Phi) is 4.89. The highest BCUT2D eigenvalue weighted by molar-refractivity contribution is 7.17. The van der Waals surface area contributed by atoms with Crippen molar-refractivity contribution >= 4 is 34.1 Å². The smallest absolute Gasteiger partial charge is 0.303 e. The molecule has 1 unspecified atom stereocenters. The van der Waals surface area contributed by atoms with Crippen LogP contribution in [0.15, 0.2) is 0 Å². The Bertz CT molecular complexity index is 678. The van der Waals surface area contributed by atoms with Gasteiger partial charge in [-0.2, -0.15) is 0 Å². The van der Waals surface area contributed by atoms with E-state index in [2.05, 4.69) is 10.6 Å². The van der Waals surface area contributed by atoms with Crippen LogP contribution in [0, 0.1) is 5.92 Å². The van der Waals surface area contributed by atoms with Crippen molar-refractivity contribution < 1.29 is 19.5 Å². The fourth-order valence-corrected chi connectivity index (χ4v) is 4.39. The molecule has 1 heterocycles. The monoisotopic (exact) mass is 350 g/mol. The van der Waals surface area contributed by atoms with Crippen LogP contribution in [0.25, 0.3) is 0 Å². The molecule has 0 spiro atoms. The first-order valence-corrected chi connectivity index (χ1v) is 9.22. The minimum absolute atomic E-state index is 0.0383. The lowest BCUT2D eigenvalue weighted by Gasteiger charge is -2.11. The first-order valence-electron chi connectivity index (χ1n) is 8.41. The highest BCUT2D eigenvalue weighted by Crippen LogP contribution is 2.39. The summed E-state index contributed by atoms with van der Waals surface area (Å²) >= 11 is 1.48. The van der Waals surface area contributed by atoms with Crippen molar-refractivity contribution in [3.8, 4) is 0 Å². The summed E-state index contributed by atoms with van der Waals surface area (Å²) in [4.78, 5) is 36.7. The second-order valence-corrected chi connectivity index (χ2v) is 7.87. The molecule has 2 aliphatic carbocycles. The number of amides is 2. The number of fused-ring (bicyclic) bond motifs is 1. The van der Waals surface area contributed by atoms with Crippen LogP contribution in [0.3, 0.4) is 0 Å². The average molecular weight is 350 g/mol. The summed E-state index contributed by atoms with van der Waals surface area (Å²) in [7, 11) is 0. The standard InChI is InChI=1S/C17H22N2O4S/c1-9(8-14(21)22)7-13(20)19-17-15(16(23)18-10-5-6-10)11-3-2-4-12(11)24-17/h9-10H,2-8H2,1H3,(H,18,23)(H,19,20)(H,21,22). The second kappa shape index (κ2) is 6.93. The number of carboxylic acids is 1. The molecular weight excluding hydrogens is 328 g/mol. The minimum Gasteiger partial charge on any atom is -0.481 e. The maximum Gasteiger partial charge on any atom is 0.303 e. The summed E-state index contributed by atoms with van der Waals surface area (Å²) in [5.41, 5.74) is 1.70. The third-order valence-electron chi connectivity index (χ3n) is 4.37. The van der Waals surface area contributed by atoms with Gasteiger partial charge in [0.2, 0.25) is 5.91 Å². The molecule has 130 valence electrons. The van der Waals surface area contributed by atoms with Crippen LogP contribution in [-0.2, 0) is 22.4 Å². The van der Waals surface area contributed by atoms with Gasteiger partial charge in [0.1, 0.15) is 5.00 Å². The number of thiophene rings is 1. The summed E-state index contributed by atoms with van der Waals surface area (Å²) in [6.07, 6.45) is 5.02. The van der Waals surface area contributed by atoms with E-state index < -0.39 is 5.97 Å². The summed E-state index contributed by atoms with van der Waals surface area (Å²) in [6.45, 7) is 1.74. The van der Waals surface area contributed by atoms with Crippen LogP contribution in [0.2, 0.25) is 0 Å². The van der Waals surface area contributed by atoms with Gasteiger partial charge in [0.25, 0.3) is 5.91 Å². The summed E-state index contributed by atoms with van der Waals surface area (Å²) in [5, 5.41) is 15.3. The Balaban J connectivity index is 1.71. The van der Waals surface area contributed by atoms with E-state index in [0.29, 0.717) is 10.6 Å². The molecule has 1 fully saturated rings. The van der Waals surface area contributed by atoms with Crippen molar-refractivity contribution in [2.75, 3.05) is 5.32 Å². The van der Waals surface area contributed by atoms with Gasteiger partial charge >= 0.3 is 5.97 Å². The van der Waals surface area contributed by atoms with Crippen molar-refractivity contribution in [1.29, 1.82) is 0 Å². The van der Waals surface area contributed by atoms with Crippen LogP contribution < -0.4 is 10.6 Å². The number of aliphatic carboxylic acids is 1. The van der Waals surface area contributed by atoms with E-state index in [-0.39, 0.29) is 36.6 Å². The minimum atomic E-state index is -0.907. The molecule has 2 amide bonds. The van der Waals surface area contributed by atoms with E-state index in [0.717, 1.165) is 37.7 Å². The van der Waals surface area contributed by atoms with Gasteiger partial charge in [-0.1, -0.05) is 6.92 Å². The number of hydrogen-bond donors (Lipinski definition) is 3. The first kappa shape index (κ1) is 17.0. The van der Waals surface area contributed by atoms with Gasteiger partial charge in [0.15, 0.2) is 0 Å². The van der Waals surface area contributed by atoms with E-state index >= 15 is 0 Å². The van der Waals surface area contributed by atoms with Crippen molar-refractivity contribution in [3.05, 3.63) is 16.0 Å². The van der Waals surface area contributed by atoms with Gasteiger partial charge in [0.05, 0.1) is 5.56 Å². The van der Waals surface area contributed by atoms with E-state index in [4.69, 9.17) is 5.11 Å². The summed E-state index contributed by atoms with van der Waals surface area (Å²) in [6, 6.07) is 0.272. The van der Waals surface area contributed by atoms with Crippen molar-refractivity contribution in [2.45, 2.75) is 57.9 Å². The number of rotatable bonds is 7. The molecule has 0 bridgehead atoms. The lowest BCUT2D eigenvalue weighted by molar-refractivity contribution is -0.138. The van der Waals surface area contributed by atoms with Crippen LogP contribution in [0.1, 0.15) is 59.8 Å². The first-order chi connectivity index (χ1) is 11.4. The molecule has 1 atom stereocenters. The number of carbonyl (C=O) groups is 3. The maximum absolute atomic E-state index is 12.6. The van der Waals surface area contributed by atoms with E-state index in [1.165, 1.54) is 16.2 Å². The van der Waals surface area contributed by atoms with Gasteiger partial charge in [-0.05, 0) is 43.6 Å². The zero-order valence-electron chi connectivity index (χ0n) is 13.7. The molecule has 24 heavy (non-hydrogen) atoms. The van der Waals surface area contributed by atoms with Crippen LogP contribution in [0.5, 0.6) is 0 Å². The molecule has 1 saturated carbocycles. The van der Waals surface area contributed by atoms with Gasteiger partial charge < -0.3 is 15.7 Å². The zero-order valence-corrected chi connectivity index (χ0v) is 14.5. The van der Waals surface area contributed by atoms with Gasteiger partial charge in [-0.25, -0.2) is 0 Å². The quantitative estimate of drug-likeness (QED) is 0.704. The van der Waals surface area contributed by atoms with E-state index in [1.807, 2.05) is 0 Å². The van der Waals surface area contributed by atoms with Crippen molar-refractivity contribution in [2.24, 2.45) is 5.92 Å². The second-order valence-electron chi connectivity index (χ2n) is 6.76. The molecule has 7 heteroatoms. The molecule has 3 N–H and O–H groups in total. The van der Waals surface area contributed by atoms with Crippen molar-refractivity contribution in [3.63, 3.8) is 0 Å². The lowest BCUT2D eigenvalue weighted by Crippen LogP contribution is -2.27. The molecule has 1 aromatic rings.